The molecule has 2 aromatic heterocycles. The van der Waals surface area contributed by atoms with Gasteiger partial charge in [0.2, 0.25) is 5.95 Å². The van der Waals surface area contributed by atoms with Crippen molar-refractivity contribution in [3.05, 3.63) is 28.8 Å². The van der Waals surface area contributed by atoms with Crippen LogP contribution in [0.4, 0.5) is 5.95 Å². The fourth-order valence-electron chi connectivity index (χ4n) is 11.8. The number of rotatable bonds is 7. The number of esters is 1. The van der Waals surface area contributed by atoms with Gasteiger partial charge >= 0.3 is 5.97 Å². The number of aromatic amines is 1. The predicted molar refractivity (Wildman–Crippen MR) is 177 cm³/mol. The van der Waals surface area contributed by atoms with E-state index in [4.69, 9.17) is 10.5 Å². The molecule has 258 valence electrons. The van der Waals surface area contributed by atoms with E-state index >= 15 is 0 Å². The fourth-order valence-corrected chi connectivity index (χ4v) is 11.8. The Labute approximate surface area is 276 Å². The molecule has 0 spiro atoms. The molecular weight excluding hydrogens is 598 g/mol. The van der Waals surface area contributed by atoms with Crippen LogP contribution in [0.25, 0.3) is 11.2 Å². The number of nitrogens with one attached hydrogen (secondary N) is 1. The first-order chi connectivity index (χ1) is 22.3. The highest BCUT2D eigenvalue weighted by atomic mass is 16.5. The van der Waals surface area contributed by atoms with E-state index in [1.54, 1.807) is 4.57 Å². The zero-order valence-electron chi connectivity index (χ0n) is 28.1. The molecule has 0 amide bonds. The summed E-state index contributed by atoms with van der Waals surface area (Å²) < 4.78 is 7.45. The summed E-state index contributed by atoms with van der Waals surface area (Å²) in [5.41, 5.74) is 6.87. The van der Waals surface area contributed by atoms with Crippen molar-refractivity contribution >= 4 is 23.1 Å². The number of carbonyl (C=O) groups excluding carboxylic acids is 1. The summed E-state index contributed by atoms with van der Waals surface area (Å²) in [6.45, 7) is 11.5. The minimum absolute atomic E-state index is 0.0100. The quantitative estimate of drug-likeness (QED) is 0.218. The van der Waals surface area contributed by atoms with Crippen molar-refractivity contribution in [1.82, 2.24) is 19.5 Å². The number of hydrogen-bond acceptors (Lipinski definition) is 9. The summed E-state index contributed by atoms with van der Waals surface area (Å²) in [5, 5.41) is 32.6. The number of nitrogens with zero attached hydrogens (tertiary/aromatic N) is 3. The van der Waals surface area contributed by atoms with E-state index in [1.807, 2.05) is 0 Å². The monoisotopic (exact) mass is 651 g/mol. The summed E-state index contributed by atoms with van der Waals surface area (Å²) in [7, 11) is 0. The fraction of sp³-hybridized carbons (Fsp3) is 0.778. The number of H-pyrrole nitrogens is 1. The van der Waals surface area contributed by atoms with Crippen LogP contribution in [-0.4, -0.2) is 65.7 Å². The predicted octanol–water partition coefficient (Wildman–Crippen LogP) is 4.13. The molecule has 7 rings (SSSR count). The van der Waals surface area contributed by atoms with Crippen LogP contribution in [0.15, 0.2) is 23.3 Å². The number of imidazole rings is 1. The Morgan fingerprint density at radius 2 is 1.83 bits per heavy atom. The van der Waals surface area contributed by atoms with Crippen LogP contribution in [0.3, 0.4) is 0 Å². The number of carbonyl (C=O) groups is 1. The van der Waals surface area contributed by atoms with Gasteiger partial charge in [-0.2, -0.15) is 4.98 Å². The standard InChI is InChI=1S/C36H53N5O6/c1-18(23-6-7-24-21-14-29(44)26-13-20(42)9-11-36(26,4)25(21)10-12-35(23,24)3)5-8-30(45)47-16-22-19(2)27(15-28(22)43)41-17-38-31-32(41)39-34(37)40-33(31)46/h17-18,20-29,42-44H,2,5-16H2,1,3-4H3,(H3,37,39,40,46)/t18-,20-,21+,22+,23-,24+,25+,26+,27+,28+,29+,35-,36-/m1/s1. The molecule has 0 aliphatic heterocycles. The summed E-state index contributed by atoms with van der Waals surface area (Å²) in [6.07, 6.45) is 9.84. The smallest absolute Gasteiger partial charge is 0.305 e. The number of ether oxygens (including phenoxy) is 1. The van der Waals surface area contributed by atoms with Gasteiger partial charge in [-0.25, -0.2) is 4.98 Å². The maximum absolute atomic E-state index is 13.0. The molecule has 5 aliphatic rings. The maximum atomic E-state index is 13.0. The number of nitrogens with two attached hydrogens (primary N) is 1. The molecule has 11 heteroatoms. The maximum Gasteiger partial charge on any atom is 0.305 e. The molecule has 5 aliphatic carbocycles. The Morgan fingerprint density at radius 1 is 1.09 bits per heavy atom. The number of aliphatic hydroxyl groups is 3. The molecule has 0 bridgehead atoms. The molecule has 13 atom stereocenters. The third-order valence-electron chi connectivity index (χ3n) is 14.3. The second kappa shape index (κ2) is 12.0. The zero-order chi connectivity index (χ0) is 33.4. The molecule has 0 radical (unpaired) electrons. The SMILES string of the molecule is C=C1[C@H](COC(=O)CC[C@@H](C)[C@H]2CC[C@H]3[C@@H]4C[C@H](O)[C@@H]5C[C@H](O)CC[C@]5(C)[C@H]4CC[C@]23C)[C@@H](O)C[C@@H]1n1cnc2c(=O)[nH]c(N)nc21. The number of nitrogen functional groups attached to an aromatic ring is 1. The van der Waals surface area contributed by atoms with Crippen LogP contribution >= 0.6 is 0 Å². The highest BCUT2D eigenvalue weighted by Crippen LogP contribution is 2.68. The molecule has 11 nitrogen and oxygen atoms in total. The summed E-state index contributed by atoms with van der Waals surface area (Å²) >= 11 is 0. The molecule has 47 heavy (non-hydrogen) atoms. The molecular formula is C36H53N5O6. The Kier molecular flexibility index (Phi) is 8.35. The van der Waals surface area contributed by atoms with Crippen LogP contribution in [0.1, 0.15) is 97.4 Å². The molecule has 5 fully saturated rings. The van der Waals surface area contributed by atoms with Crippen LogP contribution in [-0.2, 0) is 9.53 Å². The highest BCUT2D eigenvalue weighted by Gasteiger charge is 2.62. The Morgan fingerprint density at radius 3 is 2.62 bits per heavy atom. The Bertz CT molecular complexity index is 1590. The molecule has 0 aromatic carbocycles. The van der Waals surface area contributed by atoms with Gasteiger partial charge in [0.1, 0.15) is 6.61 Å². The average Bonchev–Trinajstić information content (AvgIpc) is 3.68. The van der Waals surface area contributed by atoms with Gasteiger partial charge in [-0.1, -0.05) is 27.4 Å². The van der Waals surface area contributed by atoms with E-state index in [0.717, 1.165) is 32.1 Å². The molecule has 5 saturated carbocycles. The lowest BCUT2D eigenvalue weighted by atomic mass is 9.44. The number of anilines is 1. The lowest BCUT2D eigenvalue weighted by molar-refractivity contribution is -0.172. The molecule has 0 saturated heterocycles. The lowest BCUT2D eigenvalue weighted by Crippen LogP contribution is -2.58. The molecule has 2 aromatic rings. The number of hydrogen-bond donors (Lipinski definition) is 5. The van der Waals surface area contributed by atoms with Gasteiger partial charge in [0.05, 0.1) is 30.7 Å². The van der Waals surface area contributed by atoms with E-state index in [-0.39, 0.29) is 59.0 Å². The van der Waals surface area contributed by atoms with Crippen LogP contribution in [0.5, 0.6) is 0 Å². The summed E-state index contributed by atoms with van der Waals surface area (Å²) in [4.78, 5) is 36.1. The average molecular weight is 652 g/mol. The minimum Gasteiger partial charge on any atom is -0.465 e. The van der Waals surface area contributed by atoms with Crippen molar-refractivity contribution in [1.29, 1.82) is 0 Å². The summed E-state index contributed by atoms with van der Waals surface area (Å²) in [5.74, 6) is 2.18. The first kappa shape index (κ1) is 32.8. The van der Waals surface area contributed by atoms with Gasteiger partial charge in [0, 0.05) is 12.3 Å². The number of aromatic nitrogens is 4. The van der Waals surface area contributed by atoms with Crippen molar-refractivity contribution in [2.45, 2.75) is 116 Å². The zero-order valence-corrected chi connectivity index (χ0v) is 28.1. The second-order valence-electron chi connectivity index (χ2n) is 16.4. The Balaban J connectivity index is 0.940. The van der Waals surface area contributed by atoms with Crippen LogP contribution < -0.4 is 11.3 Å². The number of aliphatic hydroxyl groups excluding tert-OH is 3. The first-order valence-electron chi connectivity index (χ1n) is 17.9. The van der Waals surface area contributed by atoms with Crippen LogP contribution in [0, 0.1) is 52.3 Å². The lowest BCUT2D eigenvalue weighted by Gasteiger charge is -2.62. The topological polar surface area (TPSA) is 177 Å². The van der Waals surface area contributed by atoms with E-state index in [1.165, 1.54) is 32.0 Å². The van der Waals surface area contributed by atoms with Crippen molar-refractivity contribution in [2.75, 3.05) is 12.3 Å². The van der Waals surface area contributed by atoms with Gasteiger partial charge in [-0.15, -0.1) is 0 Å². The largest absolute Gasteiger partial charge is 0.465 e. The van der Waals surface area contributed by atoms with Crippen molar-refractivity contribution in [2.24, 2.45) is 52.3 Å². The van der Waals surface area contributed by atoms with Crippen molar-refractivity contribution in [3.63, 3.8) is 0 Å². The van der Waals surface area contributed by atoms with Crippen LogP contribution in [0.2, 0.25) is 0 Å². The number of fused-ring (bicyclic) bond motifs is 6. The molecule has 6 N–H and O–H groups in total. The highest BCUT2D eigenvalue weighted by molar-refractivity contribution is 5.71. The van der Waals surface area contributed by atoms with E-state index in [0.29, 0.717) is 53.7 Å². The van der Waals surface area contributed by atoms with Gasteiger partial charge in [0.25, 0.3) is 5.56 Å². The minimum atomic E-state index is -0.754. The van der Waals surface area contributed by atoms with Crippen molar-refractivity contribution in [3.8, 4) is 0 Å². The van der Waals surface area contributed by atoms with E-state index < -0.39 is 17.6 Å². The van der Waals surface area contributed by atoms with E-state index in [9.17, 15) is 24.9 Å². The molecule has 2 heterocycles. The Hall–Kier alpha value is -2.76. The third kappa shape index (κ3) is 5.35. The first-order valence-corrected chi connectivity index (χ1v) is 17.9. The van der Waals surface area contributed by atoms with Gasteiger partial charge in [-0.05, 0) is 116 Å². The second-order valence-corrected chi connectivity index (χ2v) is 16.4. The van der Waals surface area contributed by atoms with Gasteiger partial charge in [0.15, 0.2) is 11.2 Å². The third-order valence-corrected chi connectivity index (χ3v) is 14.3. The normalized spacial score (nSPS) is 42.1. The van der Waals surface area contributed by atoms with Gasteiger partial charge in [-0.3, -0.25) is 14.6 Å². The van der Waals surface area contributed by atoms with Crippen molar-refractivity contribution < 1.29 is 24.9 Å². The molecule has 0 unspecified atom stereocenters. The van der Waals surface area contributed by atoms with Gasteiger partial charge < -0.3 is 30.4 Å². The summed E-state index contributed by atoms with van der Waals surface area (Å²) in [6, 6.07) is -0.345. The van der Waals surface area contributed by atoms with E-state index in [2.05, 4.69) is 42.3 Å².